The summed E-state index contributed by atoms with van der Waals surface area (Å²) < 4.78 is 59.5. The molecule has 0 aliphatic heterocycles. The average Bonchev–Trinajstić information content (AvgIpc) is 2.54. The molecule has 0 aliphatic rings. The Bertz CT molecular complexity index is 880. The summed E-state index contributed by atoms with van der Waals surface area (Å²) in [6.07, 6.45) is -1.41. The molecule has 0 N–H and O–H groups in total. The summed E-state index contributed by atoms with van der Waals surface area (Å²) in [4.78, 5) is 0.113. The van der Waals surface area contributed by atoms with E-state index in [-0.39, 0.29) is 16.2 Å². The Labute approximate surface area is 161 Å². The molecule has 0 fully saturated rings. The summed E-state index contributed by atoms with van der Waals surface area (Å²) in [5.74, 6) is 0. The fourth-order valence-electron chi connectivity index (χ4n) is 2.50. The lowest BCUT2D eigenvalue weighted by Gasteiger charge is -2.18. The molecule has 6 nitrogen and oxygen atoms in total. The number of aryl methyl sites for hydroxylation is 2. The number of benzene rings is 2. The lowest BCUT2D eigenvalue weighted by Crippen LogP contribution is -2.24. The van der Waals surface area contributed by atoms with Gasteiger partial charge in [0.1, 0.15) is 0 Å². The van der Waals surface area contributed by atoms with Crippen LogP contribution in [0.1, 0.15) is 31.4 Å². The van der Waals surface area contributed by atoms with Crippen molar-refractivity contribution in [1.82, 2.24) is 0 Å². The third kappa shape index (κ3) is 6.14. The van der Waals surface area contributed by atoms with Crippen LogP contribution in [-0.2, 0) is 28.6 Å². The van der Waals surface area contributed by atoms with Crippen molar-refractivity contribution in [3.05, 3.63) is 59.7 Å². The van der Waals surface area contributed by atoms with Crippen LogP contribution >= 0.6 is 0 Å². The van der Waals surface area contributed by atoms with Crippen molar-refractivity contribution in [2.75, 3.05) is 0 Å². The lowest BCUT2D eigenvalue weighted by molar-refractivity contribution is 0.140. The van der Waals surface area contributed by atoms with Crippen molar-refractivity contribution in [1.29, 1.82) is 0 Å². The highest BCUT2D eigenvalue weighted by molar-refractivity contribution is 7.87. The molecule has 2 atom stereocenters. The second-order valence-electron chi connectivity index (χ2n) is 6.58. The molecule has 0 bridgehead atoms. The molecular formula is C19H24O6S2. The molecule has 2 aromatic rings. The number of hydrogen-bond acceptors (Lipinski definition) is 6. The summed E-state index contributed by atoms with van der Waals surface area (Å²) in [6.45, 7) is 6.83. The first kappa shape index (κ1) is 21.6. The highest BCUT2D eigenvalue weighted by atomic mass is 32.2. The van der Waals surface area contributed by atoms with Gasteiger partial charge < -0.3 is 0 Å². The fourth-order valence-corrected chi connectivity index (χ4v) is 4.68. The molecule has 2 aromatic carbocycles. The van der Waals surface area contributed by atoms with E-state index in [1.54, 1.807) is 38.1 Å². The van der Waals surface area contributed by atoms with Crippen LogP contribution < -0.4 is 0 Å². The van der Waals surface area contributed by atoms with Crippen LogP contribution in [0.25, 0.3) is 0 Å². The highest BCUT2D eigenvalue weighted by Crippen LogP contribution is 2.20. The minimum Gasteiger partial charge on any atom is -0.263 e. The van der Waals surface area contributed by atoms with E-state index >= 15 is 0 Å². The first-order chi connectivity index (χ1) is 12.5. The molecular weight excluding hydrogens is 388 g/mol. The molecule has 148 valence electrons. The second kappa shape index (κ2) is 8.52. The van der Waals surface area contributed by atoms with Gasteiger partial charge in [0, 0.05) is 6.42 Å². The Morgan fingerprint density at radius 3 is 1.26 bits per heavy atom. The van der Waals surface area contributed by atoms with Crippen molar-refractivity contribution in [3.63, 3.8) is 0 Å². The van der Waals surface area contributed by atoms with Crippen molar-refractivity contribution in [2.45, 2.75) is 56.1 Å². The monoisotopic (exact) mass is 412 g/mol. The molecule has 8 heteroatoms. The maximum atomic E-state index is 12.3. The van der Waals surface area contributed by atoms with Gasteiger partial charge in [-0.25, -0.2) is 0 Å². The number of rotatable bonds is 8. The standard InChI is InChI=1S/C19H24O6S2/c1-14-5-9-18(10-6-14)26(20,21)24-16(3)13-17(4)25-27(22,23)19-11-7-15(2)8-12-19/h5-12,16-17H,13H2,1-4H3/t16-,17?/m0/s1. The average molecular weight is 413 g/mol. The van der Waals surface area contributed by atoms with Crippen molar-refractivity contribution >= 4 is 20.2 Å². The third-order valence-corrected chi connectivity index (χ3v) is 6.73. The highest BCUT2D eigenvalue weighted by Gasteiger charge is 2.24. The van der Waals surface area contributed by atoms with Gasteiger partial charge in [-0.05, 0) is 52.0 Å². The van der Waals surface area contributed by atoms with Gasteiger partial charge in [0.2, 0.25) is 0 Å². The zero-order valence-electron chi connectivity index (χ0n) is 15.7. The predicted octanol–water partition coefficient (Wildman–Crippen LogP) is 3.58. The first-order valence-corrected chi connectivity index (χ1v) is 11.3. The molecule has 0 aromatic heterocycles. The first-order valence-electron chi connectivity index (χ1n) is 8.49. The van der Waals surface area contributed by atoms with Crippen LogP contribution in [0.3, 0.4) is 0 Å². The molecule has 0 saturated heterocycles. The fraction of sp³-hybridized carbons (Fsp3) is 0.368. The molecule has 0 aliphatic carbocycles. The van der Waals surface area contributed by atoms with Crippen molar-refractivity contribution in [3.8, 4) is 0 Å². The van der Waals surface area contributed by atoms with E-state index in [0.717, 1.165) is 11.1 Å². The summed E-state index contributed by atoms with van der Waals surface area (Å²) in [5, 5.41) is 0. The molecule has 1 unspecified atom stereocenters. The van der Waals surface area contributed by atoms with Crippen LogP contribution in [0.4, 0.5) is 0 Å². The summed E-state index contributed by atoms with van der Waals surface area (Å²) >= 11 is 0. The Morgan fingerprint density at radius 1 is 0.667 bits per heavy atom. The molecule has 0 amide bonds. The van der Waals surface area contributed by atoms with Crippen molar-refractivity contribution < 1.29 is 25.2 Å². The van der Waals surface area contributed by atoms with Gasteiger partial charge in [0.05, 0.1) is 22.0 Å². The molecule has 27 heavy (non-hydrogen) atoms. The quantitative estimate of drug-likeness (QED) is 0.616. The van der Waals surface area contributed by atoms with Crippen LogP contribution in [0.2, 0.25) is 0 Å². The van der Waals surface area contributed by atoms with E-state index < -0.39 is 32.4 Å². The smallest absolute Gasteiger partial charge is 0.263 e. The van der Waals surface area contributed by atoms with Gasteiger partial charge in [-0.3, -0.25) is 8.37 Å². The van der Waals surface area contributed by atoms with Crippen LogP contribution in [0.5, 0.6) is 0 Å². The van der Waals surface area contributed by atoms with E-state index in [0.29, 0.717) is 0 Å². The Kier molecular flexibility index (Phi) is 6.80. The molecule has 0 heterocycles. The van der Waals surface area contributed by atoms with E-state index in [1.165, 1.54) is 24.3 Å². The van der Waals surface area contributed by atoms with Gasteiger partial charge in [-0.2, -0.15) is 16.8 Å². The maximum absolute atomic E-state index is 12.3. The Balaban J connectivity index is 1.99. The summed E-state index contributed by atoms with van der Waals surface area (Å²) in [7, 11) is -7.86. The SMILES string of the molecule is Cc1ccc(S(=O)(=O)OC(C)C[C@H](C)OS(=O)(=O)c2ccc(C)cc2)cc1. The van der Waals surface area contributed by atoms with E-state index in [9.17, 15) is 16.8 Å². The normalized spacial score (nSPS) is 14.7. The third-order valence-electron chi connectivity index (χ3n) is 3.87. The van der Waals surface area contributed by atoms with Gasteiger partial charge >= 0.3 is 0 Å². The van der Waals surface area contributed by atoms with Crippen molar-refractivity contribution in [2.24, 2.45) is 0 Å². The second-order valence-corrected chi connectivity index (χ2v) is 9.73. The van der Waals surface area contributed by atoms with E-state index in [2.05, 4.69) is 0 Å². The van der Waals surface area contributed by atoms with Crippen LogP contribution in [0.15, 0.2) is 58.3 Å². The largest absolute Gasteiger partial charge is 0.297 e. The molecule has 0 radical (unpaired) electrons. The lowest BCUT2D eigenvalue weighted by atomic mass is 10.2. The zero-order chi connectivity index (χ0) is 20.2. The van der Waals surface area contributed by atoms with Gasteiger partial charge in [-0.15, -0.1) is 0 Å². The zero-order valence-corrected chi connectivity index (χ0v) is 17.4. The molecule has 0 saturated carbocycles. The van der Waals surface area contributed by atoms with Crippen LogP contribution in [0, 0.1) is 13.8 Å². The van der Waals surface area contributed by atoms with E-state index in [4.69, 9.17) is 8.37 Å². The van der Waals surface area contributed by atoms with Crippen LogP contribution in [-0.4, -0.2) is 29.0 Å². The Hall–Kier alpha value is -1.74. The minimum absolute atomic E-state index is 0.0563. The maximum Gasteiger partial charge on any atom is 0.297 e. The Morgan fingerprint density at radius 2 is 0.963 bits per heavy atom. The topological polar surface area (TPSA) is 86.7 Å². The molecule has 0 spiro atoms. The molecule has 2 rings (SSSR count). The van der Waals surface area contributed by atoms with Gasteiger partial charge in [-0.1, -0.05) is 35.4 Å². The number of hydrogen-bond donors (Lipinski definition) is 0. The summed E-state index contributed by atoms with van der Waals surface area (Å²) in [5.41, 5.74) is 1.87. The summed E-state index contributed by atoms with van der Waals surface area (Å²) in [6, 6.07) is 12.6. The van der Waals surface area contributed by atoms with Gasteiger partial charge in [0.25, 0.3) is 20.2 Å². The van der Waals surface area contributed by atoms with Gasteiger partial charge in [0.15, 0.2) is 0 Å². The minimum atomic E-state index is -3.93. The predicted molar refractivity (Wildman–Crippen MR) is 102 cm³/mol. The van der Waals surface area contributed by atoms with E-state index in [1.807, 2.05) is 13.8 Å².